The SMILES string of the molecule is COc1ccc(Cc2ccno2)c(O)c1-c1cccc([N+](=O)[O-])c1. The third-order valence-electron chi connectivity index (χ3n) is 3.64. The molecule has 2 aromatic carbocycles. The van der Waals surface area contributed by atoms with Crippen LogP contribution in [0.5, 0.6) is 11.5 Å². The Hall–Kier alpha value is -3.35. The first-order valence-corrected chi connectivity index (χ1v) is 7.13. The Labute approximate surface area is 137 Å². The number of phenols is 1. The van der Waals surface area contributed by atoms with Crippen LogP contribution in [0.25, 0.3) is 11.1 Å². The first-order chi connectivity index (χ1) is 11.6. The van der Waals surface area contributed by atoms with E-state index < -0.39 is 4.92 Å². The summed E-state index contributed by atoms with van der Waals surface area (Å²) in [6, 6.07) is 11.2. The highest BCUT2D eigenvalue weighted by Gasteiger charge is 2.18. The second-order valence-corrected chi connectivity index (χ2v) is 5.11. The molecule has 7 heteroatoms. The fourth-order valence-corrected chi connectivity index (χ4v) is 2.50. The van der Waals surface area contributed by atoms with Gasteiger partial charge in [-0.25, -0.2) is 0 Å². The van der Waals surface area contributed by atoms with Gasteiger partial charge in [0.2, 0.25) is 0 Å². The molecule has 122 valence electrons. The Morgan fingerprint density at radius 3 is 2.79 bits per heavy atom. The van der Waals surface area contributed by atoms with Crippen molar-refractivity contribution in [1.82, 2.24) is 5.16 Å². The van der Waals surface area contributed by atoms with Crippen LogP contribution in [0, 0.1) is 10.1 Å². The van der Waals surface area contributed by atoms with Crippen LogP contribution in [0.4, 0.5) is 5.69 Å². The van der Waals surface area contributed by atoms with E-state index in [1.807, 2.05) is 0 Å². The van der Waals surface area contributed by atoms with Crippen molar-refractivity contribution in [2.75, 3.05) is 7.11 Å². The molecular weight excluding hydrogens is 312 g/mol. The third kappa shape index (κ3) is 2.91. The Balaban J connectivity index is 2.11. The monoisotopic (exact) mass is 326 g/mol. The van der Waals surface area contributed by atoms with Gasteiger partial charge >= 0.3 is 0 Å². The summed E-state index contributed by atoms with van der Waals surface area (Å²) in [5.41, 5.74) is 1.44. The van der Waals surface area contributed by atoms with E-state index in [2.05, 4.69) is 5.16 Å². The van der Waals surface area contributed by atoms with Gasteiger partial charge in [0, 0.05) is 30.2 Å². The highest BCUT2D eigenvalue weighted by Crippen LogP contribution is 2.41. The number of hydrogen-bond acceptors (Lipinski definition) is 6. The van der Waals surface area contributed by atoms with Crippen LogP contribution in [0.15, 0.2) is 53.2 Å². The summed E-state index contributed by atoms with van der Waals surface area (Å²) >= 11 is 0. The number of nitro groups is 1. The summed E-state index contributed by atoms with van der Waals surface area (Å²) in [6.45, 7) is 0. The molecule has 0 aliphatic carbocycles. The summed E-state index contributed by atoms with van der Waals surface area (Å²) in [5, 5.41) is 25.3. The molecule has 3 rings (SSSR count). The fourth-order valence-electron chi connectivity index (χ4n) is 2.50. The largest absolute Gasteiger partial charge is 0.507 e. The highest BCUT2D eigenvalue weighted by atomic mass is 16.6. The Morgan fingerprint density at radius 1 is 1.29 bits per heavy atom. The van der Waals surface area contributed by atoms with Gasteiger partial charge in [-0.1, -0.05) is 23.4 Å². The number of rotatable bonds is 5. The summed E-state index contributed by atoms with van der Waals surface area (Å²) in [4.78, 5) is 10.5. The van der Waals surface area contributed by atoms with Crippen LogP contribution >= 0.6 is 0 Å². The molecular formula is C17H14N2O5. The molecule has 0 atom stereocenters. The molecule has 1 heterocycles. The normalized spacial score (nSPS) is 10.5. The number of ether oxygens (including phenoxy) is 1. The number of aromatic nitrogens is 1. The molecule has 0 bridgehead atoms. The van der Waals surface area contributed by atoms with Gasteiger partial charge in [-0.2, -0.15) is 0 Å². The summed E-state index contributed by atoms with van der Waals surface area (Å²) in [7, 11) is 1.48. The molecule has 1 N–H and O–H groups in total. The van der Waals surface area contributed by atoms with Crippen LogP contribution in [0.3, 0.4) is 0 Å². The van der Waals surface area contributed by atoms with Crippen LogP contribution in [0.1, 0.15) is 11.3 Å². The number of phenolic OH excluding ortho intramolecular Hbond substituents is 1. The molecule has 0 saturated carbocycles. The number of benzene rings is 2. The lowest BCUT2D eigenvalue weighted by Crippen LogP contribution is -1.95. The first kappa shape index (κ1) is 15.5. The van der Waals surface area contributed by atoms with Crippen LogP contribution in [-0.2, 0) is 6.42 Å². The second-order valence-electron chi connectivity index (χ2n) is 5.11. The van der Waals surface area contributed by atoms with Crippen LogP contribution in [0.2, 0.25) is 0 Å². The average Bonchev–Trinajstić information content (AvgIpc) is 3.09. The minimum absolute atomic E-state index is 0.00810. The van der Waals surface area contributed by atoms with Crippen molar-refractivity contribution in [3.8, 4) is 22.6 Å². The van der Waals surface area contributed by atoms with E-state index >= 15 is 0 Å². The van der Waals surface area contributed by atoms with Crippen molar-refractivity contribution < 1.29 is 19.3 Å². The van der Waals surface area contributed by atoms with Crippen LogP contribution in [-0.4, -0.2) is 22.3 Å². The summed E-state index contributed by atoms with van der Waals surface area (Å²) in [5.74, 6) is 1.01. The number of aromatic hydroxyl groups is 1. The molecule has 0 fully saturated rings. The van der Waals surface area contributed by atoms with Gasteiger partial charge in [0.15, 0.2) is 0 Å². The average molecular weight is 326 g/mol. The van der Waals surface area contributed by atoms with E-state index in [9.17, 15) is 15.2 Å². The van der Waals surface area contributed by atoms with Gasteiger partial charge in [-0.15, -0.1) is 0 Å². The molecule has 3 aromatic rings. The second kappa shape index (κ2) is 6.41. The van der Waals surface area contributed by atoms with E-state index in [1.54, 1.807) is 30.3 Å². The number of methoxy groups -OCH3 is 1. The van der Waals surface area contributed by atoms with Crippen molar-refractivity contribution in [3.05, 3.63) is 70.1 Å². The number of non-ortho nitro benzene ring substituents is 1. The van der Waals surface area contributed by atoms with Gasteiger partial charge in [-0.05, 0) is 11.6 Å². The molecule has 1 aromatic heterocycles. The van der Waals surface area contributed by atoms with Gasteiger partial charge in [-0.3, -0.25) is 10.1 Å². The summed E-state index contributed by atoms with van der Waals surface area (Å²) < 4.78 is 10.4. The Kier molecular flexibility index (Phi) is 4.15. The lowest BCUT2D eigenvalue weighted by Gasteiger charge is -2.14. The quantitative estimate of drug-likeness (QED) is 0.568. The molecule has 0 amide bonds. The molecule has 7 nitrogen and oxygen atoms in total. The standard InChI is InChI=1S/C17H14N2O5/c1-23-15-6-5-12(10-14-7-8-18-24-14)17(20)16(15)11-3-2-4-13(9-11)19(21)22/h2-9,20H,10H2,1H3. The molecule has 0 aliphatic heterocycles. The fraction of sp³-hybridized carbons (Fsp3) is 0.118. The highest BCUT2D eigenvalue weighted by molar-refractivity contribution is 5.79. The van der Waals surface area contributed by atoms with Gasteiger partial charge in [0.1, 0.15) is 17.3 Å². The maximum absolute atomic E-state index is 11.0. The smallest absolute Gasteiger partial charge is 0.270 e. The molecule has 0 unspecified atom stereocenters. The Morgan fingerprint density at radius 2 is 2.12 bits per heavy atom. The molecule has 0 saturated heterocycles. The molecule has 24 heavy (non-hydrogen) atoms. The van der Waals surface area contributed by atoms with Gasteiger partial charge < -0.3 is 14.4 Å². The lowest BCUT2D eigenvalue weighted by molar-refractivity contribution is -0.384. The first-order valence-electron chi connectivity index (χ1n) is 7.13. The van der Waals surface area contributed by atoms with Crippen molar-refractivity contribution in [3.63, 3.8) is 0 Å². The van der Waals surface area contributed by atoms with Gasteiger partial charge in [0.05, 0.1) is 23.8 Å². The summed E-state index contributed by atoms with van der Waals surface area (Å²) in [6.07, 6.45) is 1.87. The van der Waals surface area contributed by atoms with E-state index in [0.29, 0.717) is 34.6 Å². The van der Waals surface area contributed by atoms with Crippen LogP contribution < -0.4 is 4.74 Å². The lowest BCUT2D eigenvalue weighted by atomic mass is 9.98. The number of nitrogens with zero attached hydrogens (tertiary/aromatic N) is 2. The van der Waals surface area contributed by atoms with E-state index in [4.69, 9.17) is 9.26 Å². The molecule has 0 spiro atoms. The zero-order valence-electron chi connectivity index (χ0n) is 12.8. The van der Waals surface area contributed by atoms with Gasteiger partial charge in [0.25, 0.3) is 5.69 Å². The topological polar surface area (TPSA) is 98.6 Å². The maximum atomic E-state index is 11.0. The van der Waals surface area contributed by atoms with E-state index in [0.717, 1.165) is 0 Å². The van der Waals surface area contributed by atoms with Crippen molar-refractivity contribution in [2.24, 2.45) is 0 Å². The maximum Gasteiger partial charge on any atom is 0.270 e. The third-order valence-corrected chi connectivity index (χ3v) is 3.64. The van der Waals surface area contributed by atoms with E-state index in [1.165, 1.54) is 25.4 Å². The zero-order chi connectivity index (χ0) is 17.1. The van der Waals surface area contributed by atoms with Crippen molar-refractivity contribution in [2.45, 2.75) is 6.42 Å². The van der Waals surface area contributed by atoms with E-state index in [-0.39, 0.29) is 11.4 Å². The Bertz CT molecular complexity index is 875. The predicted molar refractivity (Wildman–Crippen MR) is 86.1 cm³/mol. The number of nitro benzene ring substituents is 1. The minimum Gasteiger partial charge on any atom is -0.507 e. The number of hydrogen-bond donors (Lipinski definition) is 1. The minimum atomic E-state index is -0.481. The molecule has 0 aliphatic rings. The van der Waals surface area contributed by atoms with Crippen molar-refractivity contribution >= 4 is 5.69 Å². The predicted octanol–water partition coefficient (Wildman–Crippen LogP) is 3.55. The zero-order valence-corrected chi connectivity index (χ0v) is 12.8. The molecule has 0 radical (unpaired) electrons. The van der Waals surface area contributed by atoms with Crippen molar-refractivity contribution in [1.29, 1.82) is 0 Å².